The zero-order valence-electron chi connectivity index (χ0n) is 8.35. The van der Waals surface area contributed by atoms with Crippen molar-refractivity contribution in [2.24, 2.45) is 0 Å². The third kappa shape index (κ3) is 5.05. The van der Waals surface area contributed by atoms with Crippen LogP contribution in [0.4, 0.5) is 0 Å². The summed E-state index contributed by atoms with van der Waals surface area (Å²) in [7, 11) is 0. The molecule has 3 heteroatoms. The third-order valence-electron chi connectivity index (χ3n) is 2.03. The molecule has 0 saturated heterocycles. The van der Waals surface area contributed by atoms with Gasteiger partial charge < -0.3 is 0 Å². The molecule has 15 heavy (non-hydrogen) atoms. The fourth-order valence-corrected chi connectivity index (χ4v) is 1.83. The third-order valence-corrected chi connectivity index (χ3v) is 3.22. The Bertz CT molecular complexity index is 334. The van der Waals surface area contributed by atoms with Crippen molar-refractivity contribution >= 4 is 39.1 Å². The summed E-state index contributed by atoms with van der Waals surface area (Å²) >= 11 is 15.1. The molecule has 0 aliphatic carbocycles. The fraction of sp³-hybridized carbons (Fsp3) is 0.333. The van der Waals surface area contributed by atoms with Gasteiger partial charge in [-0.3, -0.25) is 0 Å². The Labute approximate surface area is 109 Å². The Kier molecular flexibility index (Phi) is 6.39. The molecule has 0 saturated carbocycles. The maximum atomic E-state index is 5.92. The molecule has 82 valence electrons. The van der Waals surface area contributed by atoms with E-state index < -0.39 is 0 Å². The summed E-state index contributed by atoms with van der Waals surface area (Å²) in [5.41, 5.74) is 1.23. The molecule has 0 aliphatic heterocycles. The van der Waals surface area contributed by atoms with Crippen LogP contribution in [0.25, 0.3) is 0 Å². The molecule has 0 nitrogen and oxygen atoms in total. The van der Waals surface area contributed by atoms with Gasteiger partial charge in [0.25, 0.3) is 0 Å². The second-order valence-electron chi connectivity index (χ2n) is 3.24. The van der Waals surface area contributed by atoms with Crippen molar-refractivity contribution in [1.82, 2.24) is 0 Å². The van der Waals surface area contributed by atoms with Crippen LogP contribution in [0.5, 0.6) is 0 Å². The highest BCUT2D eigenvalue weighted by Gasteiger charge is 1.98. The van der Waals surface area contributed by atoms with Crippen LogP contribution in [0, 0.1) is 0 Å². The second-order valence-corrected chi connectivity index (χ2v) is 4.84. The van der Waals surface area contributed by atoms with Gasteiger partial charge in [0, 0.05) is 5.33 Å². The minimum absolute atomic E-state index is 0.621. The van der Waals surface area contributed by atoms with Gasteiger partial charge in [0.05, 0.1) is 10.0 Å². The minimum Gasteiger partial charge on any atom is -0.0925 e. The number of alkyl halides is 1. The molecule has 1 rings (SSSR count). The smallest absolute Gasteiger partial charge is 0.0595 e. The largest absolute Gasteiger partial charge is 0.0925 e. The van der Waals surface area contributed by atoms with E-state index in [1.54, 1.807) is 0 Å². The fourth-order valence-electron chi connectivity index (χ4n) is 1.24. The topological polar surface area (TPSA) is 0 Å². The van der Waals surface area contributed by atoms with Gasteiger partial charge in [0.15, 0.2) is 0 Å². The van der Waals surface area contributed by atoms with Crippen LogP contribution in [0.3, 0.4) is 0 Å². The summed E-state index contributed by atoms with van der Waals surface area (Å²) in [6.07, 6.45) is 7.53. The molecular formula is C12H13BrCl2. The zero-order valence-corrected chi connectivity index (χ0v) is 11.4. The van der Waals surface area contributed by atoms with Crippen LogP contribution in [-0.2, 0) is 6.42 Å². The lowest BCUT2D eigenvalue weighted by atomic mass is 10.1. The second kappa shape index (κ2) is 7.32. The van der Waals surface area contributed by atoms with Crippen LogP contribution in [0.15, 0.2) is 30.4 Å². The summed E-state index contributed by atoms with van der Waals surface area (Å²) in [6, 6.07) is 5.80. The van der Waals surface area contributed by atoms with Gasteiger partial charge in [-0.15, -0.1) is 0 Å². The maximum absolute atomic E-state index is 5.92. The molecule has 0 fully saturated rings. The Balaban J connectivity index is 2.41. The van der Waals surface area contributed by atoms with E-state index in [1.807, 2.05) is 18.2 Å². The number of hydrogen-bond acceptors (Lipinski definition) is 0. The first-order valence-electron chi connectivity index (χ1n) is 4.89. The Hall–Kier alpha value is 0.0200. The van der Waals surface area contributed by atoms with Crippen molar-refractivity contribution < 1.29 is 0 Å². The molecule has 0 heterocycles. The average molecular weight is 308 g/mol. The number of rotatable bonds is 5. The molecule has 0 spiro atoms. The Morgan fingerprint density at radius 1 is 1.07 bits per heavy atom. The summed E-state index contributed by atoms with van der Waals surface area (Å²) in [5.74, 6) is 0. The highest BCUT2D eigenvalue weighted by Crippen LogP contribution is 2.23. The standard InChI is InChI=1S/C12H13BrCl2/c13-8-4-2-1-3-5-10-6-7-11(14)12(15)9-10/h1-2,6-7,9H,3-5,8H2/b2-1+. The quantitative estimate of drug-likeness (QED) is 0.513. The molecule has 1 aromatic rings. The predicted octanol–water partition coefficient (Wildman–Crippen LogP) is 5.27. The number of halogens is 3. The van der Waals surface area contributed by atoms with E-state index in [2.05, 4.69) is 28.1 Å². The zero-order chi connectivity index (χ0) is 11.1. The Morgan fingerprint density at radius 2 is 1.80 bits per heavy atom. The first kappa shape index (κ1) is 13.1. The number of hydrogen-bond donors (Lipinski definition) is 0. The normalized spacial score (nSPS) is 11.1. The molecule has 0 radical (unpaired) electrons. The van der Waals surface area contributed by atoms with Crippen molar-refractivity contribution in [2.45, 2.75) is 19.3 Å². The van der Waals surface area contributed by atoms with Gasteiger partial charge in [-0.05, 0) is 37.0 Å². The molecule has 0 N–H and O–H groups in total. The highest BCUT2D eigenvalue weighted by molar-refractivity contribution is 9.09. The SMILES string of the molecule is Clc1ccc(CC/C=C/CCBr)cc1Cl. The molecule has 0 unspecified atom stereocenters. The molecule has 0 bridgehead atoms. The lowest BCUT2D eigenvalue weighted by molar-refractivity contribution is 0.993. The maximum Gasteiger partial charge on any atom is 0.0595 e. The van der Waals surface area contributed by atoms with Gasteiger partial charge >= 0.3 is 0 Å². The van der Waals surface area contributed by atoms with Gasteiger partial charge in [-0.2, -0.15) is 0 Å². The molecule has 0 amide bonds. The lowest BCUT2D eigenvalue weighted by Gasteiger charge is -2.00. The Morgan fingerprint density at radius 3 is 2.47 bits per heavy atom. The van der Waals surface area contributed by atoms with Crippen molar-refractivity contribution in [3.05, 3.63) is 46.0 Å². The van der Waals surface area contributed by atoms with Crippen molar-refractivity contribution in [3.8, 4) is 0 Å². The van der Waals surface area contributed by atoms with Crippen LogP contribution >= 0.6 is 39.1 Å². The summed E-state index contributed by atoms with van der Waals surface area (Å²) in [4.78, 5) is 0. The molecular weight excluding hydrogens is 295 g/mol. The van der Waals surface area contributed by atoms with Gasteiger partial charge in [0.1, 0.15) is 0 Å². The van der Waals surface area contributed by atoms with Crippen LogP contribution < -0.4 is 0 Å². The van der Waals surface area contributed by atoms with Crippen molar-refractivity contribution in [1.29, 1.82) is 0 Å². The highest BCUT2D eigenvalue weighted by atomic mass is 79.9. The summed E-state index contributed by atoms with van der Waals surface area (Å²) in [6.45, 7) is 0. The molecule has 0 aliphatic rings. The molecule has 1 aromatic carbocycles. The lowest BCUT2D eigenvalue weighted by Crippen LogP contribution is -1.83. The van der Waals surface area contributed by atoms with Crippen LogP contribution in [-0.4, -0.2) is 5.33 Å². The first-order valence-corrected chi connectivity index (χ1v) is 6.76. The van der Waals surface area contributed by atoms with E-state index in [9.17, 15) is 0 Å². The first-order chi connectivity index (χ1) is 7.24. The number of benzene rings is 1. The van der Waals surface area contributed by atoms with Gasteiger partial charge in [-0.25, -0.2) is 0 Å². The van der Waals surface area contributed by atoms with Gasteiger partial charge in [0.2, 0.25) is 0 Å². The predicted molar refractivity (Wildman–Crippen MR) is 72.3 cm³/mol. The van der Waals surface area contributed by atoms with E-state index in [-0.39, 0.29) is 0 Å². The summed E-state index contributed by atoms with van der Waals surface area (Å²) < 4.78 is 0. The van der Waals surface area contributed by atoms with E-state index >= 15 is 0 Å². The minimum atomic E-state index is 0.621. The van der Waals surface area contributed by atoms with Gasteiger partial charge in [-0.1, -0.05) is 57.4 Å². The van der Waals surface area contributed by atoms with E-state index in [4.69, 9.17) is 23.2 Å². The number of aryl methyl sites for hydroxylation is 1. The van der Waals surface area contributed by atoms with Crippen molar-refractivity contribution in [3.63, 3.8) is 0 Å². The number of allylic oxidation sites excluding steroid dienone is 2. The molecule has 0 aromatic heterocycles. The average Bonchev–Trinajstić information content (AvgIpc) is 2.23. The van der Waals surface area contributed by atoms with E-state index in [1.165, 1.54) is 5.56 Å². The van der Waals surface area contributed by atoms with Crippen molar-refractivity contribution in [2.75, 3.05) is 5.33 Å². The van der Waals surface area contributed by atoms with Crippen LogP contribution in [0.2, 0.25) is 10.0 Å². The van der Waals surface area contributed by atoms with Crippen LogP contribution in [0.1, 0.15) is 18.4 Å². The van der Waals surface area contributed by atoms with E-state index in [0.717, 1.165) is 24.6 Å². The molecule has 0 atom stereocenters. The van der Waals surface area contributed by atoms with E-state index in [0.29, 0.717) is 10.0 Å². The summed E-state index contributed by atoms with van der Waals surface area (Å²) in [5, 5.41) is 2.28. The monoisotopic (exact) mass is 306 g/mol.